The van der Waals surface area contributed by atoms with Crippen LogP contribution in [0.4, 0.5) is 0 Å². The standard InChI is InChI=1S/C11H21N/c1-9(2)10-4-5-11(6-10)7-12(3)8-11/h9-10H,4-8H2,1-3H3/t10-/m0/s1. The summed E-state index contributed by atoms with van der Waals surface area (Å²) in [7, 11) is 2.24. The highest BCUT2D eigenvalue weighted by molar-refractivity contribution is 4.99. The van der Waals surface area contributed by atoms with Crippen LogP contribution in [-0.2, 0) is 0 Å². The lowest BCUT2D eigenvalue weighted by molar-refractivity contribution is 0.0233. The molecule has 0 aromatic rings. The molecule has 1 atom stereocenters. The molecule has 0 amide bonds. The molecule has 70 valence electrons. The van der Waals surface area contributed by atoms with Crippen LogP contribution in [0.2, 0.25) is 0 Å². The van der Waals surface area contributed by atoms with Gasteiger partial charge in [0.05, 0.1) is 0 Å². The van der Waals surface area contributed by atoms with Crippen molar-refractivity contribution in [1.29, 1.82) is 0 Å². The van der Waals surface area contributed by atoms with Crippen molar-refractivity contribution in [2.45, 2.75) is 33.1 Å². The molecule has 0 radical (unpaired) electrons. The van der Waals surface area contributed by atoms with E-state index < -0.39 is 0 Å². The molecule has 1 heterocycles. The molecule has 12 heavy (non-hydrogen) atoms. The molecule has 0 aromatic heterocycles. The zero-order chi connectivity index (χ0) is 8.77. The summed E-state index contributed by atoms with van der Waals surface area (Å²) in [5, 5.41) is 0. The van der Waals surface area contributed by atoms with Gasteiger partial charge in [0.1, 0.15) is 0 Å². The summed E-state index contributed by atoms with van der Waals surface area (Å²) < 4.78 is 0. The van der Waals surface area contributed by atoms with E-state index >= 15 is 0 Å². The van der Waals surface area contributed by atoms with Crippen LogP contribution in [0.25, 0.3) is 0 Å². The molecule has 1 saturated carbocycles. The Labute approximate surface area is 76.1 Å². The van der Waals surface area contributed by atoms with Gasteiger partial charge in [-0.2, -0.15) is 0 Å². The van der Waals surface area contributed by atoms with Gasteiger partial charge in [0.25, 0.3) is 0 Å². The van der Waals surface area contributed by atoms with Crippen LogP contribution in [0.1, 0.15) is 33.1 Å². The summed E-state index contributed by atoms with van der Waals surface area (Å²) in [5.41, 5.74) is 0.768. The maximum Gasteiger partial charge on any atom is 0.00475 e. The van der Waals surface area contributed by atoms with E-state index in [2.05, 4.69) is 25.8 Å². The minimum absolute atomic E-state index is 0.768. The minimum Gasteiger partial charge on any atom is -0.305 e. The quantitative estimate of drug-likeness (QED) is 0.579. The van der Waals surface area contributed by atoms with Gasteiger partial charge in [-0.25, -0.2) is 0 Å². The third-order valence-electron chi connectivity index (χ3n) is 3.89. The second-order valence-electron chi connectivity index (χ2n) is 5.42. The summed E-state index contributed by atoms with van der Waals surface area (Å²) in [5.74, 6) is 1.94. The molecular weight excluding hydrogens is 146 g/mol. The van der Waals surface area contributed by atoms with Gasteiger partial charge in [0, 0.05) is 13.1 Å². The van der Waals surface area contributed by atoms with E-state index in [0.29, 0.717) is 0 Å². The van der Waals surface area contributed by atoms with Crippen molar-refractivity contribution < 1.29 is 0 Å². The van der Waals surface area contributed by atoms with Crippen molar-refractivity contribution >= 4 is 0 Å². The van der Waals surface area contributed by atoms with Gasteiger partial charge in [0.2, 0.25) is 0 Å². The van der Waals surface area contributed by atoms with E-state index in [1.54, 1.807) is 0 Å². The van der Waals surface area contributed by atoms with Crippen molar-refractivity contribution in [3.8, 4) is 0 Å². The average molecular weight is 167 g/mol. The van der Waals surface area contributed by atoms with E-state index in [1.807, 2.05) is 0 Å². The molecule has 2 aliphatic rings. The third kappa shape index (κ3) is 1.28. The van der Waals surface area contributed by atoms with Crippen LogP contribution in [0.3, 0.4) is 0 Å². The molecular formula is C11H21N. The molecule has 1 aliphatic carbocycles. The Kier molecular flexibility index (Phi) is 1.95. The largest absolute Gasteiger partial charge is 0.305 e. The van der Waals surface area contributed by atoms with Gasteiger partial charge in [0.15, 0.2) is 0 Å². The van der Waals surface area contributed by atoms with Crippen LogP contribution in [-0.4, -0.2) is 25.0 Å². The monoisotopic (exact) mass is 167 g/mol. The third-order valence-corrected chi connectivity index (χ3v) is 3.89. The molecule has 2 rings (SSSR count). The van der Waals surface area contributed by atoms with Crippen LogP contribution in [0, 0.1) is 17.3 Å². The summed E-state index contributed by atoms with van der Waals surface area (Å²) >= 11 is 0. The van der Waals surface area contributed by atoms with E-state index in [0.717, 1.165) is 17.3 Å². The van der Waals surface area contributed by atoms with Gasteiger partial charge in [-0.1, -0.05) is 13.8 Å². The van der Waals surface area contributed by atoms with Crippen LogP contribution < -0.4 is 0 Å². The lowest BCUT2D eigenvalue weighted by Crippen LogP contribution is -2.52. The molecule has 1 saturated heterocycles. The minimum atomic E-state index is 0.768. The Bertz CT molecular complexity index is 168. The number of rotatable bonds is 1. The zero-order valence-electron chi connectivity index (χ0n) is 8.64. The van der Waals surface area contributed by atoms with Gasteiger partial charge in [-0.3, -0.25) is 0 Å². The SMILES string of the molecule is CC(C)[C@H]1CCC2(C1)CN(C)C2. The lowest BCUT2D eigenvalue weighted by atomic mass is 9.77. The predicted octanol–water partition coefficient (Wildman–Crippen LogP) is 2.37. The topological polar surface area (TPSA) is 3.24 Å². The Morgan fingerprint density at radius 1 is 1.33 bits per heavy atom. The summed E-state index contributed by atoms with van der Waals surface area (Å²) in [4.78, 5) is 2.46. The van der Waals surface area contributed by atoms with Crippen molar-refractivity contribution in [2.75, 3.05) is 20.1 Å². The highest BCUT2D eigenvalue weighted by Crippen LogP contribution is 2.49. The smallest absolute Gasteiger partial charge is 0.00475 e. The number of nitrogens with zero attached hydrogens (tertiary/aromatic N) is 1. The zero-order valence-corrected chi connectivity index (χ0v) is 8.64. The Morgan fingerprint density at radius 3 is 2.42 bits per heavy atom. The van der Waals surface area contributed by atoms with Crippen molar-refractivity contribution in [3.63, 3.8) is 0 Å². The van der Waals surface area contributed by atoms with E-state index in [9.17, 15) is 0 Å². The predicted molar refractivity (Wildman–Crippen MR) is 52.1 cm³/mol. The molecule has 1 spiro atoms. The van der Waals surface area contributed by atoms with Gasteiger partial charge in [-0.05, 0) is 43.6 Å². The van der Waals surface area contributed by atoms with Gasteiger partial charge in [-0.15, -0.1) is 0 Å². The van der Waals surface area contributed by atoms with Crippen LogP contribution in [0.5, 0.6) is 0 Å². The van der Waals surface area contributed by atoms with E-state index in [1.165, 1.54) is 32.4 Å². The highest BCUT2D eigenvalue weighted by Gasteiger charge is 2.46. The van der Waals surface area contributed by atoms with Gasteiger partial charge >= 0.3 is 0 Å². The fourth-order valence-corrected chi connectivity index (χ4v) is 3.21. The van der Waals surface area contributed by atoms with Crippen molar-refractivity contribution in [2.24, 2.45) is 17.3 Å². The van der Waals surface area contributed by atoms with Crippen molar-refractivity contribution in [3.05, 3.63) is 0 Å². The summed E-state index contributed by atoms with van der Waals surface area (Å²) in [6, 6.07) is 0. The highest BCUT2D eigenvalue weighted by atomic mass is 15.2. The average Bonchev–Trinajstić information content (AvgIpc) is 2.31. The first-order valence-electron chi connectivity index (χ1n) is 5.30. The Hall–Kier alpha value is -0.0400. The lowest BCUT2D eigenvalue weighted by Gasteiger charge is -2.46. The fraction of sp³-hybridized carbons (Fsp3) is 1.00. The maximum atomic E-state index is 2.46. The summed E-state index contributed by atoms with van der Waals surface area (Å²) in [6.45, 7) is 7.50. The molecule has 0 aromatic carbocycles. The molecule has 1 heteroatoms. The number of hydrogen-bond acceptors (Lipinski definition) is 1. The Balaban J connectivity index is 1.90. The van der Waals surface area contributed by atoms with E-state index in [4.69, 9.17) is 0 Å². The molecule has 1 aliphatic heterocycles. The first-order chi connectivity index (χ1) is 5.61. The van der Waals surface area contributed by atoms with Crippen molar-refractivity contribution in [1.82, 2.24) is 4.90 Å². The molecule has 2 fully saturated rings. The summed E-state index contributed by atoms with van der Waals surface area (Å²) in [6.07, 6.45) is 4.50. The first-order valence-corrected chi connectivity index (χ1v) is 5.30. The first kappa shape index (κ1) is 8.55. The van der Waals surface area contributed by atoms with E-state index in [-0.39, 0.29) is 0 Å². The normalized spacial score (nSPS) is 34.5. The molecule has 0 unspecified atom stereocenters. The van der Waals surface area contributed by atoms with Gasteiger partial charge < -0.3 is 4.90 Å². The number of hydrogen-bond donors (Lipinski definition) is 0. The molecule has 1 nitrogen and oxygen atoms in total. The Morgan fingerprint density at radius 2 is 2.00 bits per heavy atom. The van der Waals surface area contributed by atoms with Crippen LogP contribution in [0.15, 0.2) is 0 Å². The van der Waals surface area contributed by atoms with Crippen LogP contribution >= 0.6 is 0 Å². The second-order valence-corrected chi connectivity index (χ2v) is 5.42. The number of likely N-dealkylation sites (tertiary alicyclic amines) is 1. The molecule has 0 bridgehead atoms. The molecule has 0 N–H and O–H groups in total. The second kappa shape index (κ2) is 2.73. The maximum absolute atomic E-state index is 2.46. The fourth-order valence-electron chi connectivity index (χ4n) is 3.21.